The van der Waals surface area contributed by atoms with Crippen molar-refractivity contribution < 1.29 is 14.3 Å². The van der Waals surface area contributed by atoms with Crippen molar-refractivity contribution in [2.75, 3.05) is 31.5 Å². The smallest absolute Gasteiger partial charge is 0.236 e. The SMILES string of the molecule is CC(=O)Nc1nc2c(s1)CN(CC(=O)N1CC(C)OC(C)C1)CC2. The van der Waals surface area contributed by atoms with Gasteiger partial charge in [-0.05, 0) is 13.8 Å². The van der Waals surface area contributed by atoms with Gasteiger partial charge in [0.25, 0.3) is 0 Å². The first-order valence-corrected chi connectivity index (χ1v) is 9.14. The molecule has 2 atom stereocenters. The lowest BCUT2D eigenvalue weighted by molar-refractivity contribution is -0.144. The number of morpholine rings is 1. The Morgan fingerprint density at radius 1 is 1.33 bits per heavy atom. The molecule has 1 fully saturated rings. The highest BCUT2D eigenvalue weighted by Gasteiger charge is 2.28. The molecular formula is C16H24N4O3S. The summed E-state index contributed by atoms with van der Waals surface area (Å²) >= 11 is 1.50. The van der Waals surface area contributed by atoms with Crippen LogP contribution >= 0.6 is 11.3 Å². The van der Waals surface area contributed by atoms with Crippen LogP contribution in [0.2, 0.25) is 0 Å². The first-order valence-electron chi connectivity index (χ1n) is 8.32. The zero-order valence-corrected chi connectivity index (χ0v) is 15.2. The van der Waals surface area contributed by atoms with Crippen LogP contribution in [0.1, 0.15) is 31.3 Å². The van der Waals surface area contributed by atoms with E-state index in [4.69, 9.17) is 4.74 Å². The summed E-state index contributed by atoms with van der Waals surface area (Å²) in [6.45, 7) is 8.77. The van der Waals surface area contributed by atoms with Crippen molar-refractivity contribution in [1.82, 2.24) is 14.8 Å². The van der Waals surface area contributed by atoms with Gasteiger partial charge in [-0.2, -0.15) is 0 Å². The maximum Gasteiger partial charge on any atom is 0.236 e. The third kappa shape index (κ3) is 4.12. The van der Waals surface area contributed by atoms with Gasteiger partial charge in [0.1, 0.15) is 0 Å². The number of ether oxygens (including phenoxy) is 1. The van der Waals surface area contributed by atoms with Crippen molar-refractivity contribution in [3.63, 3.8) is 0 Å². The lowest BCUT2D eigenvalue weighted by Crippen LogP contribution is -2.51. The van der Waals surface area contributed by atoms with Crippen LogP contribution in [-0.4, -0.2) is 65.0 Å². The number of thiazole rings is 1. The molecule has 8 heteroatoms. The van der Waals surface area contributed by atoms with E-state index in [2.05, 4.69) is 15.2 Å². The summed E-state index contributed by atoms with van der Waals surface area (Å²) in [5.41, 5.74) is 1.04. The first kappa shape index (κ1) is 17.3. The van der Waals surface area contributed by atoms with E-state index in [9.17, 15) is 9.59 Å². The normalized spacial score (nSPS) is 24.5. The number of rotatable bonds is 3. The molecule has 0 aromatic carbocycles. The van der Waals surface area contributed by atoms with Crippen molar-refractivity contribution in [3.05, 3.63) is 10.6 Å². The van der Waals surface area contributed by atoms with Gasteiger partial charge in [0, 0.05) is 44.4 Å². The maximum absolute atomic E-state index is 12.6. The minimum atomic E-state index is -0.108. The monoisotopic (exact) mass is 352 g/mol. The van der Waals surface area contributed by atoms with E-state index in [0.717, 1.165) is 23.5 Å². The Bertz CT molecular complexity index is 623. The Hall–Kier alpha value is -1.51. The minimum Gasteiger partial charge on any atom is -0.372 e. The van der Waals surface area contributed by atoms with Gasteiger partial charge in [-0.3, -0.25) is 14.5 Å². The molecule has 1 saturated heterocycles. The molecule has 0 spiro atoms. The number of hydrogen-bond acceptors (Lipinski definition) is 6. The third-order valence-corrected chi connectivity index (χ3v) is 5.22. The third-order valence-electron chi connectivity index (χ3n) is 4.22. The number of nitrogens with zero attached hydrogens (tertiary/aromatic N) is 3. The fraction of sp³-hybridized carbons (Fsp3) is 0.688. The summed E-state index contributed by atoms with van der Waals surface area (Å²) in [5.74, 6) is 0.0516. The fourth-order valence-corrected chi connectivity index (χ4v) is 4.36. The second-order valence-corrected chi connectivity index (χ2v) is 7.67. The first-order chi connectivity index (χ1) is 11.4. The standard InChI is InChI=1S/C16H24N4O3S/c1-10-6-20(7-11(2)23-10)15(22)9-19-5-4-13-14(8-19)24-16(18-13)17-12(3)21/h10-11H,4-9H2,1-3H3,(H,17,18,21). The van der Waals surface area contributed by atoms with Crippen molar-refractivity contribution in [2.45, 2.75) is 45.9 Å². The van der Waals surface area contributed by atoms with Gasteiger partial charge in [0.15, 0.2) is 5.13 Å². The number of carbonyl (C=O) groups is 2. The Balaban J connectivity index is 1.58. The topological polar surface area (TPSA) is 74.8 Å². The van der Waals surface area contributed by atoms with Crippen LogP contribution in [-0.2, 0) is 27.3 Å². The Morgan fingerprint density at radius 2 is 2.04 bits per heavy atom. The molecule has 132 valence electrons. The molecule has 24 heavy (non-hydrogen) atoms. The largest absolute Gasteiger partial charge is 0.372 e. The molecule has 3 heterocycles. The average Bonchev–Trinajstić information content (AvgIpc) is 2.86. The van der Waals surface area contributed by atoms with E-state index in [0.29, 0.717) is 31.3 Å². The zero-order chi connectivity index (χ0) is 17.3. The number of hydrogen-bond donors (Lipinski definition) is 1. The fourth-order valence-electron chi connectivity index (χ4n) is 3.26. The molecule has 2 aliphatic heterocycles. The summed E-state index contributed by atoms with van der Waals surface area (Å²) in [6, 6.07) is 0. The van der Waals surface area contributed by atoms with Crippen LogP contribution in [0.3, 0.4) is 0 Å². The van der Waals surface area contributed by atoms with Crippen LogP contribution in [0.25, 0.3) is 0 Å². The Kier molecular flexibility index (Phi) is 5.17. The van der Waals surface area contributed by atoms with Gasteiger partial charge in [-0.1, -0.05) is 0 Å². The average molecular weight is 352 g/mol. The Labute approximate surface area is 146 Å². The summed E-state index contributed by atoms with van der Waals surface area (Å²) in [4.78, 5) is 33.4. The van der Waals surface area contributed by atoms with Gasteiger partial charge in [0.05, 0.1) is 24.4 Å². The molecule has 0 bridgehead atoms. The molecule has 2 aliphatic rings. The second-order valence-electron chi connectivity index (χ2n) is 6.59. The molecular weight excluding hydrogens is 328 g/mol. The second kappa shape index (κ2) is 7.16. The number of amides is 2. The highest BCUT2D eigenvalue weighted by Crippen LogP contribution is 2.28. The van der Waals surface area contributed by atoms with Crippen molar-refractivity contribution in [3.8, 4) is 0 Å². The van der Waals surface area contributed by atoms with E-state index in [1.807, 2.05) is 18.7 Å². The maximum atomic E-state index is 12.6. The molecule has 2 unspecified atom stereocenters. The summed E-state index contributed by atoms with van der Waals surface area (Å²) < 4.78 is 5.69. The predicted octanol–water partition coefficient (Wildman–Crippen LogP) is 1.10. The number of fused-ring (bicyclic) bond motifs is 1. The molecule has 7 nitrogen and oxygen atoms in total. The number of nitrogens with one attached hydrogen (secondary N) is 1. The molecule has 2 amide bonds. The van der Waals surface area contributed by atoms with E-state index in [1.165, 1.54) is 18.3 Å². The van der Waals surface area contributed by atoms with Crippen molar-refractivity contribution >= 4 is 28.3 Å². The van der Waals surface area contributed by atoms with Crippen LogP contribution < -0.4 is 5.32 Å². The lowest BCUT2D eigenvalue weighted by Gasteiger charge is -2.36. The minimum absolute atomic E-state index is 0.0902. The van der Waals surface area contributed by atoms with Crippen LogP contribution in [0.15, 0.2) is 0 Å². The highest BCUT2D eigenvalue weighted by molar-refractivity contribution is 7.15. The quantitative estimate of drug-likeness (QED) is 0.882. The van der Waals surface area contributed by atoms with Gasteiger partial charge in [0.2, 0.25) is 11.8 Å². The van der Waals surface area contributed by atoms with Crippen LogP contribution in [0.4, 0.5) is 5.13 Å². The van der Waals surface area contributed by atoms with Gasteiger partial charge < -0.3 is 15.0 Å². The van der Waals surface area contributed by atoms with E-state index in [1.54, 1.807) is 0 Å². The van der Waals surface area contributed by atoms with Gasteiger partial charge in [-0.15, -0.1) is 11.3 Å². The predicted molar refractivity (Wildman–Crippen MR) is 92.0 cm³/mol. The number of carbonyl (C=O) groups excluding carboxylic acids is 2. The van der Waals surface area contributed by atoms with Gasteiger partial charge >= 0.3 is 0 Å². The van der Waals surface area contributed by atoms with E-state index < -0.39 is 0 Å². The number of aromatic nitrogens is 1. The molecule has 1 aromatic rings. The molecule has 0 radical (unpaired) electrons. The van der Waals surface area contributed by atoms with Crippen LogP contribution in [0.5, 0.6) is 0 Å². The molecule has 0 saturated carbocycles. The molecule has 3 rings (SSSR count). The zero-order valence-electron chi connectivity index (χ0n) is 14.4. The molecule has 1 N–H and O–H groups in total. The summed E-state index contributed by atoms with van der Waals surface area (Å²) in [7, 11) is 0. The lowest BCUT2D eigenvalue weighted by atomic mass is 10.1. The molecule has 0 aliphatic carbocycles. The van der Waals surface area contributed by atoms with E-state index >= 15 is 0 Å². The van der Waals surface area contributed by atoms with Crippen molar-refractivity contribution in [2.24, 2.45) is 0 Å². The van der Waals surface area contributed by atoms with Gasteiger partial charge in [-0.25, -0.2) is 4.98 Å². The van der Waals surface area contributed by atoms with E-state index in [-0.39, 0.29) is 24.0 Å². The number of anilines is 1. The van der Waals surface area contributed by atoms with Crippen molar-refractivity contribution in [1.29, 1.82) is 0 Å². The summed E-state index contributed by atoms with van der Waals surface area (Å²) in [6.07, 6.45) is 0.994. The molecule has 1 aromatic heterocycles. The Morgan fingerprint density at radius 3 is 2.71 bits per heavy atom. The highest BCUT2D eigenvalue weighted by atomic mass is 32.1. The summed E-state index contributed by atoms with van der Waals surface area (Å²) in [5, 5.41) is 3.39. The van der Waals surface area contributed by atoms with Crippen LogP contribution in [0, 0.1) is 0 Å².